The van der Waals surface area contributed by atoms with Crippen molar-refractivity contribution in [1.82, 2.24) is 5.32 Å². The summed E-state index contributed by atoms with van der Waals surface area (Å²) in [4.78, 5) is 10.6. The molecule has 0 aliphatic carbocycles. The molecular weight excluding hydrogens is 166 g/mol. The van der Waals surface area contributed by atoms with E-state index in [2.05, 4.69) is 36.4 Å². The van der Waals surface area contributed by atoms with Gasteiger partial charge in [-0.25, -0.2) is 0 Å². The van der Waals surface area contributed by atoms with E-state index >= 15 is 0 Å². The van der Waals surface area contributed by atoms with Gasteiger partial charge in [0.2, 0.25) is 5.91 Å². The topological polar surface area (TPSA) is 29.1 Å². The second-order valence-electron chi connectivity index (χ2n) is 3.94. The number of rotatable bonds is 1. The van der Waals surface area contributed by atoms with Crippen LogP contribution in [0.2, 0.25) is 19.6 Å². The fourth-order valence-corrected chi connectivity index (χ4v) is 1.32. The minimum Gasteiger partial charge on any atom is -0.343 e. The largest absolute Gasteiger partial charge is 0.343 e. The molecule has 0 aromatic carbocycles. The molecule has 0 radical (unpaired) electrons. The van der Waals surface area contributed by atoms with Gasteiger partial charge in [0, 0.05) is 6.92 Å². The number of carbonyl (C=O) groups is 1. The van der Waals surface area contributed by atoms with Gasteiger partial charge < -0.3 is 5.32 Å². The Labute approximate surface area is 75.8 Å². The van der Waals surface area contributed by atoms with Crippen molar-refractivity contribution in [3.05, 3.63) is 0 Å². The fourth-order valence-electron chi connectivity index (χ4n) is 0.666. The van der Waals surface area contributed by atoms with Crippen molar-refractivity contribution in [2.24, 2.45) is 0 Å². The summed E-state index contributed by atoms with van der Waals surface area (Å²) in [5.41, 5.74) is 3.20. The van der Waals surface area contributed by atoms with Crippen molar-refractivity contribution >= 4 is 14.0 Å². The minimum atomic E-state index is -1.28. The predicted octanol–water partition coefficient (Wildman–Crippen LogP) is 1.39. The number of hydrogen-bond acceptors (Lipinski definition) is 1. The third-order valence-corrected chi connectivity index (χ3v) is 1.98. The van der Waals surface area contributed by atoms with Crippen molar-refractivity contribution in [3.8, 4) is 11.5 Å². The number of amides is 1. The molecule has 0 aromatic rings. The summed E-state index contributed by atoms with van der Waals surface area (Å²) < 4.78 is 0. The zero-order valence-electron chi connectivity index (χ0n) is 8.49. The quantitative estimate of drug-likeness (QED) is 0.483. The number of carbonyl (C=O) groups excluding carboxylic acids is 1. The standard InChI is InChI=1S/C9H17NOSi/c1-8(10-9(2)11)6-7-12(3,4)5/h8H,1-5H3,(H,10,11). The van der Waals surface area contributed by atoms with E-state index in [1.807, 2.05) is 6.92 Å². The van der Waals surface area contributed by atoms with Crippen LogP contribution in [0.25, 0.3) is 0 Å². The van der Waals surface area contributed by atoms with Crippen LogP contribution < -0.4 is 5.32 Å². The molecular formula is C9H17NOSi. The first-order valence-electron chi connectivity index (χ1n) is 4.11. The molecule has 0 rings (SSSR count). The number of hydrogen-bond donors (Lipinski definition) is 1. The van der Waals surface area contributed by atoms with Crippen LogP contribution in [-0.2, 0) is 4.79 Å². The van der Waals surface area contributed by atoms with Crippen LogP contribution >= 0.6 is 0 Å². The number of nitrogens with one attached hydrogen (secondary N) is 1. The Hall–Kier alpha value is -0.753. The normalized spacial score (nSPS) is 12.8. The highest BCUT2D eigenvalue weighted by Crippen LogP contribution is 1.96. The lowest BCUT2D eigenvalue weighted by Crippen LogP contribution is -2.30. The molecule has 2 nitrogen and oxygen atoms in total. The van der Waals surface area contributed by atoms with Crippen molar-refractivity contribution < 1.29 is 4.79 Å². The molecule has 1 N–H and O–H groups in total. The van der Waals surface area contributed by atoms with Gasteiger partial charge in [0.15, 0.2) is 0 Å². The molecule has 12 heavy (non-hydrogen) atoms. The maximum atomic E-state index is 10.6. The second kappa shape index (κ2) is 4.32. The van der Waals surface area contributed by atoms with E-state index in [0.29, 0.717) is 0 Å². The van der Waals surface area contributed by atoms with E-state index in [-0.39, 0.29) is 11.9 Å². The highest BCUT2D eigenvalue weighted by Gasteiger charge is 2.08. The van der Waals surface area contributed by atoms with Crippen LogP contribution in [0.5, 0.6) is 0 Å². The Balaban J connectivity index is 4.04. The third-order valence-electron chi connectivity index (χ3n) is 1.08. The maximum absolute atomic E-state index is 10.6. The van der Waals surface area contributed by atoms with E-state index in [4.69, 9.17) is 0 Å². The minimum absolute atomic E-state index is 0.0192. The molecule has 0 heterocycles. The summed E-state index contributed by atoms with van der Waals surface area (Å²) in [5.74, 6) is 3.01. The van der Waals surface area contributed by atoms with Crippen molar-refractivity contribution in [3.63, 3.8) is 0 Å². The lowest BCUT2D eigenvalue weighted by molar-refractivity contribution is -0.119. The van der Waals surface area contributed by atoms with Gasteiger partial charge in [-0.15, -0.1) is 5.54 Å². The molecule has 0 saturated heterocycles. The first-order chi connectivity index (χ1) is 5.31. The van der Waals surface area contributed by atoms with Gasteiger partial charge in [-0.3, -0.25) is 4.79 Å². The molecule has 3 heteroatoms. The van der Waals surface area contributed by atoms with Gasteiger partial charge in [0.05, 0.1) is 6.04 Å². The molecule has 0 bridgehead atoms. The Morgan fingerprint density at radius 2 is 1.92 bits per heavy atom. The molecule has 0 aromatic heterocycles. The Morgan fingerprint density at radius 3 is 2.25 bits per heavy atom. The summed E-state index contributed by atoms with van der Waals surface area (Å²) in [7, 11) is -1.28. The highest BCUT2D eigenvalue weighted by atomic mass is 28.3. The van der Waals surface area contributed by atoms with Crippen LogP contribution in [0, 0.1) is 11.5 Å². The van der Waals surface area contributed by atoms with E-state index in [9.17, 15) is 4.79 Å². The molecule has 68 valence electrons. The first-order valence-corrected chi connectivity index (χ1v) is 7.61. The molecule has 0 fully saturated rings. The van der Waals surface area contributed by atoms with Gasteiger partial charge in [-0.2, -0.15) is 0 Å². The predicted molar refractivity (Wildman–Crippen MR) is 54.4 cm³/mol. The van der Waals surface area contributed by atoms with E-state index in [0.717, 1.165) is 0 Å². The van der Waals surface area contributed by atoms with Crippen LogP contribution in [0.15, 0.2) is 0 Å². The van der Waals surface area contributed by atoms with E-state index in [1.54, 1.807) is 0 Å². The summed E-state index contributed by atoms with van der Waals surface area (Å²) in [5, 5.41) is 2.72. The zero-order chi connectivity index (χ0) is 9.78. The lowest BCUT2D eigenvalue weighted by atomic mass is 10.3. The van der Waals surface area contributed by atoms with Crippen LogP contribution in [0.4, 0.5) is 0 Å². The maximum Gasteiger partial charge on any atom is 0.217 e. The SMILES string of the molecule is CC(=O)NC(C)C#C[Si](C)(C)C. The van der Waals surface area contributed by atoms with Gasteiger partial charge in [-0.05, 0) is 6.92 Å². The van der Waals surface area contributed by atoms with Gasteiger partial charge >= 0.3 is 0 Å². The van der Waals surface area contributed by atoms with Crippen LogP contribution in [0.3, 0.4) is 0 Å². The van der Waals surface area contributed by atoms with Crippen LogP contribution in [0.1, 0.15) is 13.8 Å². The van der Waals surface area contributed by atoms with Gasteiger partial charge in [-0.1, -0.05) is 25.6 Å². The molecule has 0 aliphatic heterocycles. The third kappa shape index (κ3) is 7.36. The van der Waals surface area contributed by atoms with Crippen molar-refractivity contribution in [2.45, 2.75) is 39.5 Å². The average Bonchev–Trinajstić information content (AvgIpc) is 1.80. The lowest BCUT2D eigenvalue weighted by Gasteiger charge is -2.07. The Bertz CT molecular complexity index is 219. The highest BCUT2D eigenvalue weighted by molar-refractivity contribution is 6.83. The smallest absolute Gasteiger partial charge is 0.217 e. The monoisotopic (exact) mass is 183 g/mol. The molecule has 1 amide bonds. The first kappa shape index (κ1) is 11.2. The molecule has 1 unspecified atom stereocenters. The molecule has 0 saturated carbocycles. The van der Waals surface area contributed by atoms with Crippen LogP contribution in [-0.4, -0.2) is 20.0 Å². The molecule has 0 aliphatic rings. The average molecular weight is 183 g/mol. The fraction of sp³-hybridized carbons (Fsp3) is 0.667. The second-order valence-corrected chi connectivity index (χ2v) is 8.69. The summed E-state index contributed by atoms with van der Waals surface area (Å²) in [6.45, 7) is 9.95. The van der Waals surface area contributed by atoms with E-state index in [1.165, 1.54) is 6.92 Å². The summed E-state index contributed by atoms with van der Waals surface area (Å²) in [6.07, 6.45) is 0. The molecule has 1 atom stereocenters. The van der Waals surface area contributed by atoms with Crippen molar-refractivity contribution in [1.29, 1.82) is 0 Å². The van der Waals surface area contributed by atoms with Gasteiger partial charge in [0.25, 0.3) is 0 Å². The Morgan fingerprint density at radius 1 is 1.42 bits per heavy atom. The Kier molecular flexibility index (Phi) is 4.05. The van der Waals surface area contributed by atoms with E-state index < -0.39 is 8.07 Å². The summed E-state index contributed by atoms with van der Waals surface area (Å²) >= 11 is 0. The van der Waals surface area contributed by atoms with Crippen molar-refractivity contribution in [2.75, 3.05) is 0 Å². The van der Waals surface area contributed by atoms with Gasteiger partial charge in [0.1, 0.15) is 8.07 Å². The zero-order valence-corrected chi connectivity index (χ0v) is 9.49. The summed E-state index contributed by atoms with van der Waals surface area (Å²) in [6, 6.07) is -0.0192. The molecule has 0 spiro atoms.